The second-order valence-electron chi connectivity index (χ2n) is 2.99. The summed E-state index contributed by atoms with van der Waals surface area (Å²) in [6, 6.07) is 3.09. The zero-order valence-electron chi connectivity index (χ0n) is 8.47. The molecule has 0 radical (unpaired) electrons. The van der Waals surface area contributed by atoms with Gasteiger partial charge in [-0.15, -0.1) is 0 Å². The van der Waals surface area contributed by atoms with Crippen LogP contribution in [-0.4, -0.2) is 31.1 Å². The van der Waals surface area contributed by atoms with E-state index in [-0.39, 0.29) is 11.4 Å². The highest BCUT2D eigenvalue weighted by Gasteiger charge is 2.17. The molecule has 0 amide bonds. The van der Waals surface area contributed by atoms with Crippen molar-refractivity contribution >= 4 is 16.0 Å². The van der Waals surface area contributed by atoms with Crippen LogP contribution in [0.2, 0.25) is 0 Å². The van der Waals surface area contributed by atoms with E-state index in [4.69, 9.17) is 5.11 Å². The molecule has 0 atom stereocenters. The third kappa shape index (κ3) is 2.50. The van der Waals surface area contributed by atoms with E-state index >= 15 is 0 Å². The van der Waals surface area contributed by atoms with Gasteiger partial charge in [0.05, 0.1) is 4.90 Å². The van der Waals surface area contributed by atoms with E-state index in [9.17, 15) is 18.3 Å². The first kappa shape index (κ1) is 12.5. The van der Waals surface area contributed by atoms with Crippen LogP contribution in [0, 0.1) is 0 Å². The zero-order valence-corrected chi connectivity index (χ0v) is 9.28. The van der Waals surface area contributed by atoms with Crippen LogP contribution < -0.4 is 4.72 Å². The molecule has 1 aromatic carbocycles. The van der Waals surface area contributed by atoms with E-state index < -0.39 is 27.3 Å². The quantitative estimate of drug-likeness (QED) is 0.711. The maximum Gasteiger partial charge on any atom is 0.339 e. The van der Waals surface area contributed by atoms with E-state index in [2.05, 4.69) is 4.72 Å². The average Bonchev–Trinajstić information content (AvgIpc) is 2.17. The van der Waals surface area contributed by atoms with Gasteiger partial charge in [0.15, 0.2) is 0 Å². The third-order valence-corrected chi connectivity index (χ3v) is 3.39. The molecule has 1 aromatic rings. The Bertz CT molecular complexity index is 509. The van der Waals surface area contributed by atoms with Crippen LogP contribution in [0.25, 0.3) is 0 Å². The van der Waals surface area contributed by atoms with Crippen molar-refractivity contribution in [3.63, 3.8) is 0 Å². The first-order chi connectivity index (χ1) is 7.38. The smallest absolute Gasteiger partial charge is 0.339 e. The predicted octanol–water partition coefficient (Wildman–Crippen LogP) is 0.389. The Labute approximate surface area is 92.6 Å². The topological polar surface area (TPSA) is 104 Å². The molecule has 0 fully saturated rings. The molecule has 0 aliphatic carbocycles. The molecule has 0 aliphatic heterocycles. The lowest BCUT2D eigenvalue weighted by atomic mass is 10.2. The fraction of sp³-hybridized carbons (Fsp3) is 0.222. The normalized spacial score (nSPS) is 11.3. The maximum absolute atomic E-state index is 11.5. The summed E-state index contributed by atoms with van der Waals surface area (Å²) in [6.07, 6.45) is 0. The molecular weight excluding hydrogens is 234 g/mol. The number of hydrogen-bond acceptors (Lipinski definition) is 4. The number of rotatable bonds is 4. The SMILES string of the molecule is CCNS(=O)(=O)c1ccc(O)c(C(=O)O)c1. The molecule has 0 saturated carbocycles. The Morgan fingerprint density at radius 3 is 2.56 bits per heavy atom. The highest BCUT2D eigenvalue weighted by Crippen LogP contribution is 2.21. The Morgan fingerprint density at radius 2 is 2.06 bits per heavy atom. The number of sulfonamides is 1. The summed E-state index contributed by atoms with van der Waals surface area (Å²) in [6.45, 7) is 1.81. The van der Waals surface area contributed by atoms with Gasteiger partial charge >= 0.3 is 5.97 Å². The molecule has 0 saturated heterocycles. The number of benzene rings is 1. The van der Waals surface area contributed by atoms with Crippen LogP contribution in [0.1, 0.15) is 17.3 Å². The van der Waals surface area contributed by atoms with Gasteiger partial charge in [-0.05, 0) is 18.2 Å². The minimum Gasteiger partial charge on any atom is -0.507 e. The number of nitrogens with one attached hydrogen (secondary N) is 1. The first-order valence-electron chi connectivity index (χ1n) is 4.44. The number of phenols is 1. The number of aromatic hydroxyl groups is 1. The monoisotopic (exact) mass is 245 g/mol. The summed E-state index contributed by atoms with van der Waals surface area (Å²) >= 11 is 0. The Balaban J connectivity index is 3.28. The minimum atomic E-state index is -3.71. The average molecular weight is 245 g/mol. The van der Waals surface area contributed by atoms with E-state index in [1.807, 2.05) is 0 Å². The summed E-state index contributed by atoms with van der Waals surface area (Å²) in [5, 5.41) is 17.9. The van der Waals surface area contributed by atoms with Gasteiger partial charge in [-0.25, -0.2) is 17.9 Å². The predicted molar refractivity (Wildman–Crippen MR) is 55.9 cm³/mol. The molecule has 0 aliphatic rings. The highest BCUT2D eigenvalue weighted by molar-refractivity contribution is 7.89. The number of hydrogen-bond donors (Lipinski definition) is 3. The summed E-state index contributed by atoms with van der Waals surface area (Å²) in [7, 11) is -3.71. The molecule has 0 bridgehead atoms. The van der Waals surface area contributed by atoms with Gasteiger partial charge in [0, 0.05) is 6.54 Å². The minimum absolute atomic E-state index is 0.190. The molecule has 0 heterocycles. The molecule has 3 N–H and O–H groups in total. The third-order valence-electron chi connectivity index (χ3n) is 1.84. The largest absolute Gasteiger partial charge is 0.507 e. The van der Waals surface area contributed by atoms with Gasteiger partial charge in [0.25, 0.3) is 0 Å². The molecule has 1 rings (SSSR count). The number of carbonyl (C=O) groups is 1. The van der Waals surface area contributed by atoms with Crippen molar-refractivity contribution in [2.75, 3.05) is 6.54 Å². The van der Waals surface area contributed by atoms with Crippen molar-refractivity contribution in [3.05, 3.63) is 23.8 Å². The molecule has 0 unspecified atom stereocenters. The van der Waals surface area contributed by atoms with Gasteiger partial charge in [-0.3, -0.25) is 0 Å². The summed E-state index contributed by atoms with van der Waals surface area (Å²) < 4.78 is 25.3. The number of carboxylic acids is 1. The van der Waals surface area contributed by atoms with Gasteiger partial charge in [-0.1, -0.05) is 6.92 Å². The molecule has 0 spiro atoms. The van der Waals surface area contributed by atoms with E-state index in [1.165, 1.54) is 0 Å². The van der Waals surface area contributed by atoms with Crippen LogP contribution in [0.3, 0.4) is 0 Å². The van der Waals surface area contributed by atoms with Crippen LogP contribution in [0.4, 0.5) is 0 Å². The van der Waals surface area contributed by atoms with Crippen molar-refractivity contribution in [2.45, 2.75) is 11.8 Å². The summed E-state index contributed by atoms with van der Waals surface area (Å²) in [5.74, 6) is -1.85. The van der Waals surface area contributed by atoms with Gasteiger partial charge in [0.1, 0.15) is 11.3 Å². The Morgan fingerprint density at radius 1 is 1.44 bits per heavy atom. The van der Waals surface area contributed by atoms with Gasteiger partial charge < -0.3 is 10.2 Å². The fourth-order valence-electron chi connectivity index (χ4n) is 1.13. The van der Waals surface area contributed by atoms with Crippen molar-refractivity contribution in [1.82, 2.24) is 4.72 Å². The zero-order chi connectivity index (χ0) is 12.3. The van der Waals surface area contributed by atoms with E-state index in [0.29, 0.717) is 0 Å². The first-order valence-corrected chi connectivity index (χ1v) is 5.92. The lowest BCUT2D eigenvalue weighted by Crippen LogP contribution is -2.23. The Kier molecular flexibility index (Phi) is 3.51. The van der Waals surface area contributed by atoms with Crippen molar-refractivity contribution in [3.8, 4) is 5.75 Å². The number of aromatic carboxylic acids is 1. The summed E-state index contributed by atoms with van der Waals surface area (Å²) in [5.41, 5.74) is -0.445. The fourth-order valence-corrected chi connectivity index (χ4v) is 2.19. The van der Waals surface area contributed by atoms with Crippen LogP contribution in [0.5, 0.6) is 5.75 Å². The van der Waals surface area contributed by atoms with Crippen molar-refractivity contribution in [1.29, 1.82) is 0 Å². The highest BCUT2D eigenvalue weighted by atomic mass is 32.2. The molecular formula is C9H11NO5S. The van der Waals surface area contributed by atoms with Crippen molar-refractivity contribution in [2.24, 2.45) is 0 Å². The second kappa shape index (κ2) is 4.50. The van der Waals surface area contributed by atoms with Crippen LogP contribution in [-0.2, 0) is 10.0 Å². The molecule has 16 heavy (non-hydrogen) atoms. The van der Waals surface area contributed by atoms with Crippen molar-refractivity contribution < 1.29 is 23.4 Å². The summed E-state index contributed by atoms with van der Waals surface area (Å²) in [4.78, 5) is 10.5. The second-order valence-corrected chi connectivity index (χ2v) is 4.75. The van der Waals surface area contributed by atoms with Crippen LogP contribution in [0.15, 0.2) is 23.1 Å². The lowest BCUT2D eigenvalue weighted by Gasteiger charge is -2.06. The number of carboxylic acid groups (broad SMARTS) is 1. The Hall–Kier alpha value is -1.60. The van der Waals surface area contributed by atoms with Gasteiger partial charge in [0.2, 0.25) is 10.0 Å². The van der Waals surface area contributed by atoms with E-state index in [1.54, 1.807) is 6.92 Å². The maximum atomic E-state index is 11.5. The molecule has 0 aromatic heterocycles. The standard InChI is InChI=1S/C9H11NO5S/c1-2-10-16(14,15)6-3-4-8(11)7(5-6)9(12)13/h3-5,10-11H,2H2,1H3,(H,12,13). The molecule has 7 heteroatoms. The van der Waals surface area contributed by atoms with Crippen LogP contribution >= 0.6 is 0 Å². The molecule has 88 valence electrons. The molecule has 6 nitrogen and oxygen atoms in total. The van der Waals surface area contributed by atoms with E-state index in [0.717, 1.165) is 18.2 Å². The van der Waals surface area contributed by atoms with Gasteiger partial charge in [-0.2, -0.15) is 0 Å². The lowest BCUT2D eigenvalue weighted by molar-refractivity contribution is 0.0693.